The SMILES string of the molecule is O=C(Nc1ccc(Oc2ccnc3[nH]ccc23)c(F)c1)c1cc(-c2ccc(Br)cc2)ncn1. The van der Waals surface area contributed by atoms with Gasteiger partial charge in [-0.05, 0) is 42.5 Å². The molecule has 162 valence electrons. The Morgan fingerprint density at radius 2 is 1.82 bits per heavy atom. The number of carbonyl (C=O) groups excluding carboxylic acids is 1. The Bertz CT molecular complexity index is 1470. The molecule has 5 aromatic rings. The van der Waals surface area contributed by atoms with Crippen molar-refractivity contribution in [1.29, 1.82) is 0 Å². The summed E-state index contributed by atoms with van der Waals surface area (Å²) < 4.78 is 21.4. The van der Waals surface area contributed by atoms with Crippen molar-refractivity contribution < 1.29 is 13.9 Å². The number of aromatic nitrogens is 4. The van der Waals surface area contributed by atoms with Crippen LogP contribution in [0.3, 0.4) is 0 Å². The lowest BCUT2D eigenvalue weighted by Crippen LogP contribution is -2.14. The van der Waals surface area contributed by atoms with Gasteiger partial charge in [0.1, 0.15) is 23.4 Å². The van der Waals surface area contributed by atoms with Crippen LogP contribution in [0.1, 0.15) is 10.5 Å². The van der Waals surface area contributed by atoms with Crippen LogP contribution < -0.4 is 10.1 Å². The highest BCUT2D eigenvalue weighted by Gasteiger charge is 2.13. The van der Waals surface area contributed by atoms with E-state index in [1.54, 1.807) is 36.7 Å². The third-order valence-electron chi connectivity index (χ3n) is 4.87. The fraction of sp³-hybridized carbons (Fsp3) is 0. The van der Waals surface area contributed by atoms with Gasteiger partial charge in [-0.1, -0.05) is 28.1 Å². The molecule has 0 unspecified atom stereocenters. The Kier molecular flexibility index (Phi) is 5.54. The van der Waals surface area contributed by atoms with E-state index in [0.29, 0.717) is 17.1 Å². The molecule has 3 heterocycles. The van der Waals surface area contributed by atoms with Gasteiger partial charge in [-0.15, -0.1) is 0 Å². The maximum Gasteiger partial charge on any atom is 0.274 e. The van der Waals surface area contributed by atoms with Gasteiger partial charge in [-0.2, -0.15) is 0 Å². The molecule has 7 nitrogen and oxygen atoms in total. The minimum atomic E-state index is -0.619. The van der Waals surface area contributed by atoms with Crippen LogP contribution in [-0.4, -0.2) is 25.8 Å². The number of hydrogen-bond acceptors (Lipinski definition) is 5. The molecule has 0 spiro atoms. The minimum absolute atomic E-state index is 0.0289. The molecule has 0 aliphatic carbocycles. The lowest BCUT2D eigenvalue weighted by atomic mass is 10.1. The quantitative estimate of drug-likeness (QED) is 0.308. The predicted molar refractivity (Wildman–Crippen MR) is 126 cm³/mol. The Hall–Kier alpha value is -4.11. The molecule has 0 fully saturated rings. The Morgan fingerprint density at radius 1 is 0.970 bits per heavy atom. The summed E-state index contributed by atoms with van der Waals surface area (Å²) in [5.74, 6) is -0.599. The molecular weight excluding hydrogens is 489 g/mol. The number of fused-ring (bicyclic) bond motifs is 1. The van der Waals surface area contributed by atoms with Crippen molar-refractivity contribution in [3.05, 3.63) is 95.4 Å². The van der Waals surface area contributed by atoms with Crippen molar-refractivity contribution >= 4 is 38.6 Å². The second-order valence-electron chi connectivity index (χ2n) is 7.05. The van der Waals surface area contributed by atoms with Crippen LogP contribution in [0, 0.1) is 5.82 Å². The molecule has 0 saturated heterocycles. The summed E-state index contributed by atoms with van der Waals surface area (Å²) in [5.41, 5.74) is 2.52. The van der Waals surface area contributed by atoms with Gasteiger partial charge in [0.15, 0.2) is 11.6 Å². The molecule has 1 amide bonds. The van der Waals surface area contributed by atoms with E-state index in [9.17, 15) is 9.18 Å². The van der Waals surface area contributed by atoms with Crippen LogP contribution in [0.4, 0.5) is 10.1 Å². The Labute approximate surface area is 195 Å². The molecular formula is C24H15BrFN5O2. The number of nitrogens with zero attached hydrogens (tertiary/aromatic N) is 3. The van der Waals surface area contributed by atoms with Crippen molar-refractivity contribution in [2.24, 2.45) is 0 Å². The summed E-state index contributed by atoms with van der Waals surface area (Å²) >= 11 is 3.39. The third-order valence-corrected chi connectivity index (χ3v) is 5.40. The summed E-state index contributed by atoms with van der Waals surface area (Å²) in [7, 11) is 0. The zero-order valence-corrected chi connectivity index (χ0v) is 18.5. The average Bonchev–Trinajstić information content (AvgIpc) is 3.31. The number of anilines is 1. The zero-order chi connectivity index (χ0) is 22.8. The first kappa shape index (κ1) is 20.8. The number of benzene rings is 2. The van der Waals surface area contributed by atoms with Gasteiger partial charge in [0.25, 0.3) is 5.91 Å². The predicted octanol–water partition coefficient (Wildman–Crippen LogP) is 5.97. The lowest BCUT2D eigenvalue weighted by Gasteiger charge is -2.10. The monoisotopic (exact) mass is 503 g/mol. The van der Waals surface area contributed by atoms with Gasteiger partial charge in [0.05, 0.1) is 11.1 Å². The Balaban J connectivity index is 1.33. The number of H-pyrrole nitrogens is 1. The summed E-state index contributed by atoms with van der Waals surface area (Å²) in [6.45, 7) is 0. The molecule has 9 heteroatoms. The largest absolute Gasteiger partial charge is 0.453 e. The molecule has 0 atom stereocenters. The maximum absolute atomic E-state index is 14.7. The van der Waals surface area contributed by atoms with E-state index < -0.39 is 11.7 Å². The van der Waals surface area contributed by atoms with Gasteiger partial charge >= 0.3 is 0 Å². The molecule has 2 N–H and O–H groups in total. The summed E-state index contributed by atoms with van der Waals surface area (Å²) in [5, 5.41) is 3.39. The van der Waals surface area contributed by atoms with Crippen molar-refractivity contribution in [2.45, 2.75) is 0 Å². The molecule has 5 rings (SSSR count). The lowest BCUT2D eigenvalue weighted by molar-refractivity contribution is 0.102. The number of ether oxygens (including phenoxy) is 1. The zero-order valence-electron chi connectivity index (χ0n) is 16.9. The van der Waals surface area contributed by atoms with E-state index in [-0.39, 0.29) is 17.1 Å². The van der Waals surface area contributed by atoms with Gasteiger partial charge < -0.3 is 15.0 Å². The molecule has 0 aliphatic heterocycles. The number of pyridine rings is 1. The molecule has 0 saturated carbocycles. The summed E-state index contributed by atoms with van der Waals surface area (Å²) in [6, 6.07) is 16.8. The van der Waals surface area contributed by atoms with Crippen molar-refractivity contribution in [3.8, 4) is 22.8 Å². The van der Waals surface area contributed by atoms with Crippen LogP contribution in [0.25, 0.3) is 22.3 Å². The number of hydrogen-bond donors (Lipinski definition) is 2. The van der Waals surface area contributed by atoms with Crippen LogP contribution in [0.2, 0.25) is 0 Å². The maximum atomic E-state index is 14.7. The van der Waals surface area contributed by atoms with Crippen molar-refractivity contribution in [3.63, 3.8) is 0 Å². The standard InChI is InChI=1S/C24H15BrFN5O2/c25-15-3-1-14(2-4-15)19-12-20(30-13-29-19)24(32)31-16-5-6-22(18(26)11-16)33-21-8-10-28-23-17(21)7-9-27-23/h1-13H,(H,27,28)(H,31,32). The van der Waals surface area contributed by atoms with E-state index in [1.807, 2.05) is 24.3 Å². The van der Waals surface area contributed by atoms with E-state index in [4.69, 9.17) is 4.74 Å². The normalized spacial score (nSPS) is 10.8. The number of nitrogens with one attached hydrogen (secondary N) is 2. The smallest absolute Gasteiger partial charge is 0.274 e. The van der Waals surface area contributed by atoms with Crippen LogP contribution in [0.5, 0.6) is 11.5 Å². The highest BCUT2D eigenvalue weighted by Crippen LogP contribution is 2.31. The summed E-state index contributed by atoms with van der Waals surface area (Å²) in [4.78, 5) is 28.1. The second kappa shape index (κ2) is 8.79. The average molecular weight is 504 g/mol. The van der Waals surface area contributed by atoms with Crippen LogP contribution >= 0.6 is 15.9 Å². The Morgan fingerprint density at radius 3 is 2.64 bits per heavy atom. The fourth-order valence-corrected chi connectivity index (χ4v) is 3.52. The number of aromatic amines is 1. The first-order valence-electron chi connectivity index (χ1n) is 9.86. The van der Waals surface area contributed by atoms with Gasteiger partial charge in [-0.3, -0.25) is 4.79 Å². The topological polar surface area (TPSA) is 92.8 Å². The number of halogens is 2. The molecule has 0 radical (unpaired) electrons. The molecule has 2 aromatic carbocycles. The van der Waals surface area contributed by atoms with E-state index in [1.165, 1.54) is 18.5 Å². The van der Waals surface area contributed by atoms with Gasteiger partial charge in [-0.25, -0.2) is 19.3 Å². The van der Waals surface area contributed by atoms with Crippen LogP contribution in [0.15, 0.2) is 83.9 Å². The first-order chi connectivity index (χ1) is 16.1. The van der Waals surface area contributed by atoms with E-state index in [0.717, 1.165) is 15.4 Å². The van der Waals surface area contributed by atoms with Gasteiger partial charge in [0.2, 0.25) is 0 Å². The highest BCUT2D eigenvalue weighted by atomic mass is 79.9. The highest BCUT2D eigenvalue weighted by molar-refractivity contribution is 9.10. The molecule has 33 heavy (non-hydrogen) atoms. The minimum Gasteiger partial charge on any atom is -0.453 e. The number of carbonyl (C=O) groups is 1. The van der Waals surface area contributed by atoms with Crippen molar-refractivity contribution in [1.82, 2.24) is 19.9 Å². The van der Waals surface area contributed by atoms with Crippen molar-refractivity contribution in [2.75, 3.05) is 5.32 Å². The fourth-order valence-electron chi connectivity index (χ4n) is 3.26. The van der Waals surface area contributed by atoms with Crippen LogP contribution in [-0.2, 0) is 0 Å². The first-order valence-corrected chi connectivity index (χ1v) is 10.6. The molecule has 0 bridgehead atoms. The molecule has 3 aromatic heterocycles. The van der Waals surface area contributed by atoms with Gasteiger partial charge in [0, 0.05) is 34.2 Å². The second-order valence-corrected chi connectivity index (χ2v) is 7.96. The van der Waals surface area contributed by atoms with E-state index in [2.05, 4.69) is 41.2 Å². The number of rotatable bonds is 5. The molecule has 0 aliphatic rings. The number of amides is 1. The third kappa shape index (κ3) is 4.44. The van der Waals surface area contributed by atoms with E-state index >= 15 is 0 Å². The summed E-state index contributed by atoms with van der Waals surface area (Å²) in [6.07, 6.45) is 4.62.